The van der Waals surface area contributed by atoms with E-state index in [1.54, 1.807) is 0 Å². The normalized spacial score (nSPS) is 12.1. The van der Waals surface area contributed by atoms with Gasteiger partial charge < -0.3 is 0 Å². The highest BCUT2D eigenvalue weighted by Gasteiger charge is 2.28. The summed E-state index contributed by atoms with van der Waals surface area (Å²) in [5.74, 6) is 0. The van der Waals surface area contributed by atoms with Crippen LogP contribution in [0.4, 0.5) is 0 Å². The molecule has 0 spiro atoms. The zero-order chi connectivity index (χ0) is 14.3. The van der Waals surface area contributed by atoms with Crippen molar-refractivity contribution in [2.45, 2.75) is 72.8 Å². The second-order valence-corrected chi connectivity index (χ2v) is 6.19. The molecule has 0 fully saturated rings. The van der Waals surface area contributed by atoms with Crippen LogP contribution in [-0.4, -0.2) is 15.1 Å². The van der Waals surface area contributed by atoms with Crippen molar-refractivity contribution in [1.29, 1.82) is 0 Å². The van der Waals surface area contributed by atoms with Crippen molar-refractivity contribution in [3.8, 4) is 0 Å². The molecule has 0 amide bonds. The molecule has 1 aromatic rings. The van der Waals surface area contributed by atoms with Crippen LogP contribution in [-0.2, 0) is 19.4 Å². The number of nitrogens with zero attached hydrogens (tertiary/aromatic N) is 2. The van der Waals surface area contributed by atoms with E-state index in [0.717, 1.165) is 24.7 Å². The van der Waals surface area contributed by atoms with Crippen LogP contribution in [0, 0.1) is 5.41 Å². The monoisotopic (exact) mass is 328 g/mol. The summed E-state index contributed by atoms with van der Waals surface area (Å²) < 4.78 is 2.27. The summed E-state index contributed by atoms with van der Waals surface area (Å²) >= 11 is 3.76. The number of halogens is 1. The van der Waals surface area contributed by atoms with Crippen LogP contribution < -0.4 is 0 Å². The van der Waals surface area contributed by atoms with E-state index in [0.29, 0.717) is 5.41 Å². The van der Waals surface area contributed by atoms with Gasteiger partial charge in [-0.05, 0) is 37.2 Å². The predicted octanol–water partition coefficient (Wildman–Crippen LogP) is 4.99. The molecule has 0 aliphatic heterocycles. The summed E-state index contributed by atoms with van der Waals surface area (Å²) in [7, 11) is 0. The van der Waals surface area contributed by atoms with Gasteiger partial charge >= 0.3 is 0 Å². The third-order valence-electron chi connectivity index (χ3n) is 3.97. The Morgan fingerprint density at radius 2 is 1.74 bits per heavy atom. The molecule has 2 nitrogen and oxygen atoms in total. The maximum absolute atomic E-state index is 4.79. The molecular weight excluding hydrogens is 300 g/mol. The van der Waals surface area contributed by atoms with E-state index in [1.807, 2.05) is 0 Å². The van der Waals surface area contributed by atoms with Gasteiger partial charge in [-0.3, -0.25) is 4.68 Å². The molecule has 0 radical (unpaired) electrons. The van der Waals surface area contributed by atoms with Crippen molar-refractivity contribution < 1.29 is 0 Å². The van der Waals surface area contributed by atoms with Crippen LogP contribution in [0.15, 0.2) is 6.07 Å². The molecule has 1 rings (SSSR count). The average Bonchev–Trinajstić information content (AvgIpc) is 2.81. The van der Waals surface area contributed by atoms with Crippen LogP contribution in [0.5, 0.6) is 0 Å². The molecule has 1 aromatic heterocycles. The Morgan fingerprint density at radius 1 is 1.11 bits per heavy atom. The maximum Gasteiger partial charge on any atom is 0.0624 e. The van der Waals surface area contributed by atoms with Crippen LogP contribution in [0.3, 0.4) is 0 Å². The fourth-order valence-electron chi connectivity index (χ4n) is 2.95. The van der Waals surface area contributed by atoms with Gasteiger partial charge in [-0.2, -0.15) is 5.10 Å². The van der Waals surface area contributed by atoms with Crippen LogP contribution in [0.2, 0.25) is 0 Å². The van der Waals surface area contributed by atoms with Gasteiger partial charge in [0.25, 0.3) is 0 Å². The molecule has 0 unspecified atom stereocenters. The Balaban J connectivity index is 2.97. The second-order valence-electron chi connectivity index (χ2n) is 5.63. The summed E-state index contributed by atoms with van der Waals surface area (Å²) in [5.41, 5.74) is 2.98. The minimum absolute atomic E-state index is 0.366. The Labute approximate surface area is 127 Å². The predicted molar refractivity (Wildman–Crippen MR) is 87.0 cm³/mol. The van der Waals surface area contributed by atoms with E-state index >= 15 is 0 Å². The van der Waals surface area contributed by atoms with Crippen molar-refractivity contribution >= 4 is 15.9 Å². The number of rotatable bonds is 9. The van der Waals surface area contributed by atoms with Crippen molar-refractivity contribution in [2.24, 2.45) is 5.41 Å². The third-order valence-corrected chi connectivity index (χ3v) is 5.16. The number of aryl methyl sites for hydroxylation is 2. The Bertz CT molecular complexity index is 365. The van der Waals surface area contributed by atoms with Crippen molar-refractivity contribution in [3.63, 3.8) is 0 Å². The summed E-state index contributed by atoms with van der Waals surface area (Å²) in [5, 5.41) is 5.87. The largest absolute Gasteiger partial charge is 0.269 e. The second kappa shape index (κ2) is 8.08. The van der Waals surface area contributed by atoms with Crippen molar-refractivity contribution in [3.05, 3.63) is 17.5 Å². The lowest BCUT2D eigenvalue weighted by atomic mass is 9.81. The maximum atomic E-state index is 4.79. The van der Waals surface area contributed by atoms with Crippen molar-refractivity contribution in [2.75, 3.05) is 5.33 Å². The standard InChI is InChI=1S/C16H29BrN2/c1-5-9-16(12-17,10-6-2)13-19-15(8-4)11-14(7-3)18-19/h11H,5-10,12-13H2,1-4H3. The van der Waals surface area contributed by atoms with E-state index in [9.17, 15) is 0 Å². The van der Waals surface area contributed by atoms with Gasteiger partial charge in [0.15, 0.2) is 0 Å². The summed E-state index contributed by atoms with van der Waals surface area (Å²) in [6.45, 7) is 10.0. The number of aromatic nitrogens is 2. The first-order chi connectivity index (χ1) is 9.14. The highest BCUT2D eigenvalue weighted by atomic mass is 79.9. The van der Waals surface area contributed by atoms with E-state index in [2.05, 4.69) is 54.4 Å². The number of hydrogen-bond acceptors (Lipinski definition) is 1. The van der Waals surface area contributed by atoms with E-state index in [-0.39, 0.29) is 0 Å². The van der Waals surface area contributed by atoms with Gasteiger partial charge in [-0.15, -0.1) is 0 Å². The third kappa shape index (κ3) is 4.34. The fourth-order valence-corrected chi connectivity index (χ4v) is 3.68. The lowest BCUT2D eigenvalue weighted by Crippen LogP contribution is -2.30. The first-order valence-corrected chi connectivity index (χ1v) is 8.88. The molecule has 0 atom stereocenters. The van der Waals surface area contributed by atoms with Crippen LogP contribution in [0.25, 0.3) is 0 Å². The molecule has 19 heavy (non-hydrogen) atoms. The average molecular weight is 329 g/mol. The highest BCUT2D eigenvalue weighted by molar-refractivity contribution is 9.09. The molecule has 1 heterocycles. The number of alkyl halides is 1. The summed E-state index contributed by atoms with van der Waals surface area (Å²) in [6.07, 6.45) is 7.14. The minimum Gasteiger partial charge on any atom is -0.269 e. The molecule has 0 N–H and O–H groups in total. The quantitative estimate of drug-likeness (QED) is 0.584. The highest BCUT2D eigenvalue weighted by Crippen LogP contribution is 2.34. The smallest absolute Gasteiger partial charge is 0.0624 e. The van der Waals surface area contributed by atoms with E-state index in [1.165, 1.54) is 37.1 Å². The van der Waals surface area contributed by atoms with Gasteiger partial charge in [0.1, 0.15) is 0 Å². The zero-order valence-electron chi connectivity index (χ0n) is 13.0. The first kappa shape index (κ1) is 16.7. The van der Waals surface area contributed by atoms with Crippen molar-refractivity contribution in [1.82, 2.24) is 9.78 Å². The number of hydrogen-bond donors (Lipinski definition) is 0. The lowest BCUT2D eigenvalue weighted by molar-refractivity contribution is 0.220. The summed E-state index contributed by atoms with van der Waals surface area (Å²) in [6, 6.07) is 2.27. The summed E-state index contributed by atoms with van der Waals surface area (Å²) in [4.78, 5) is 0. The Hall–Kier alpha value is -0.310. The van der Waals surface area contributed by atoms with Gasteiger partial charge in [-0.1, -0.05) is 56.5 Å². The molecule has 0 aromatic carbocycles. The molecule has 0 saturated carbocycles. The Morgan fingerprint density at radius 3 is 2.16 bits per heavy atom. The lowest BCUT2D eigenvalue weighted by Gasteiger charge is -2.32. The molecule has 3 heteroatoms. The fraction of sp³-hybridized carbons (Fsp3) is 0.812. The Kier molecular flexibility index (Phi) is 7.12. The molecule has 0 aliphatic rings. The van der Waals surface area contributed by atoms with Gasteiger partial charge in [0.05, 0.1) is 5.69 Å². The molecule has 0 aliphatic carbocycles. The SMILES string of the molecule is CCCC(CBr)(CCC)Cn1nc(CC)cc1CC. The molecular formula is C16H29BrN2. The van der Waals surface area contributed by atoms with E-state index < -0.39 is 0 Å². The van der Waals surface area contributed by atoms with Crippen LogP contribution >= 0.6 is 15.9 Å². The van der Waals surface area contributed by atoms with E-state index in [4.69, 9.17) is 5.10 Å². The minimum atomic E-state index is 0.366. The molecule has 0 bridgehead atoms. The topological polar surface area (TPSA) is 17.8 Å². The van der Waals surface area contributed by atoms with Gasteiger partial charge in [0, 0.05) is 17.6 Å². The first-order valence-electron chi connectivity index (χ1n) is 7.76. The zero-order valence-corrected chi connectivity index (χ0v) is 14.6. The molecule has 110 valence electrons. The van der Waals surface area contributed by atoms with Gasteiger partial charge in [0.2, 0.25) is 0 Å². The molecule has 0 saturated heterocycles. The van der Waals surface area contributed by atoms with Gasteiger partial charge in [-0.25, -0.2) is 0 Å². The van der Waals surface area contributed by atoms with Crippen LogP contribution in [0.1, 0.15) is 64.8 Å².